The van der Waals surface area contributed by atoms with Gasteiger partial charge in [0.2, 0.25) is 0 Å². The molecule has 1 aliphatic rings. The van der Waals surface area contributed by atoms with Crippen LogP contribution in [0.25, 0.3) is 6.08 Å². The molecule has 0 saturated carbocycles. The molecule has 3 amide bonds. The minimum Gasteiger partial charge on any atom is -0.465 e. The number of aryl methyl sites for hydroxylation is 4. The Morgan fingerprint density at radius 2 is 1.55 bits per heavy atom. The topological polar surface area (TPSA) is 118 Å². The summed E-state index contributed by atoms with van der Waals surface area (Å²) in [6.45, 7) is 9.44. The molecule has 0 aliphatic carbocycles. The van der Waals surface area contributed by atoms with Crippen LogP contribution < -0.4 is 15.5 Å². The maximum Gasteiger partial charge on any atom is 0.340 e. The quantitative estimate of drug-likeness (QED) is 0.267. The Morgan fingerprint density at radius 3 is 2.20 bits per heavy atom. The molecule has 1 aromatic heterocycles. The van der Waals surface area contributed by atoms with Crippen LogP contribution in [0.5, 0.6) is 0 Å². The van der Waals surface area contributed by atoms with Gasteiger partial charge < -0.3 is 19.8 Å². The van der Waals surface area contributed by atoms with Crippen molar-refractivity contribution in [2.75, 3.05) is 17.3 Å². The molecular formula is C31H31N3O6. The van der Waals surface area contributed by atoms with Gasteiger partial charge in [0.05, 0.1) is 24.8 Å². The Labute approximate surface area is 232 Å². The SMILES string of the molecule is COC(=O)C1=C(C)N(c2ccc(C)c(C)c2)C(=O)/C1=C/c1ccc(CNC(=O)C(=O)Nc2ccc(C)c(C)c2)o1. The molecule has 0 atom stereocenters. The van der Waals surface area contributed by atoms with E-state index in [9.17, 15) is 19.2 Å². The third-order valence-corrected chi connectivity index (χ3v) is 6.90. The predicted octanol–water partition coefficient (Wildman–Crippen LogP) is 4.65. The van der Waals surface area contributed by atoms with Crippen LogP contribution in [0.15, 0.2) is 69.8 Å². The third-order valence-electron chi connectivity index (χ3n) is 6.90. The van der Waals surface area contributed by atoms with Crippen molar-refractivity contribution in [3.8, 4) is 0 Å². The normalized spacial score (nSPS) is 14.1. The Balaban J connectivity index is 1.49. The lowest BCUT2D eigenvalue weighted by atomic mass is 10.1. The minimum absolute atomic E-state index is 0.0518. The largest absolute Gasteiger partial charge is 0.465 e. The number of methoxy groups -OCH3 is 1. The highest BCUT2D eigenvalue weighted by Gasteiger charge is 2.38. The Kier molecular flexibility index (Phi) is 8.04. The lowest BCUT2D eigenvalue weighted by molar-refractivity contribution is -0.136. The van der Waals surface area contributed by atoms with Crippen LogP contribution in [0.4, 0.5) is 11.4 Å². The molecule has 0 bridgehead atoms. The van der Waals surface area contributed by atoms with E-state index in [1.807, 2.05) is 52.0 Å². The van der Waals surface area contributed by atoms with Gasteiger partial charge in [-0.25, -0.2) is 4.79 Å². The number of carbonyl (C=O) groups excluding carboxylic acids is 4. The summed E-state index contributed by atoms with van der Waals surface area (Å²) >= 11 is 0. The molecule has 1 aliphatic heterocycles. The molecule has 3 aromatic rings. The number of hydrogen-bond donors (Lipinski definition) is 2. The van der Waals surface area contributed by atoms with Gasteiger partial charge in [-0.15, -0.1) is 0 Å². The fourth-order valence-electron chi connectivity index (χ4n) is 4.32. The monoisotopic (exact) mass is 541 g/mol. The number of anilines is 2. The number of esters is 1. The molecule has 9 heteroatoms. The Hall–Kier alpha value is -4.92. The van der Waals surface area contributed by atoms with Gasteiger partial charge in [-0.2, -0.15) is 0 Å². The molecule has 2 heterocycles. The Morgan fingerprint density at radius 1 is 0.875 bits per heavy atom. The highest BCUT2D eigenvalue weighted by molar-refractivity contribution is 6.39. The summed E-state index contributed by atoms with van der Waals surface area (Å²) in [7, 11) is 1.26. The van der Waals surface area contributed by atoms with Crippen molar-refractivity contribution in [3.63, 3.8) is 0 Å². The number of allylic oxidation sites excluding steroid dienone is 1. The lowest BCUT2D eigenvalue weighted by Gasteiger charge is -2.19. The molecule has 2 aromatic carbocycles. The first-order chi connectivity index (χ1) is 19.0. The fraction of sp³-hybridized carbons (Fsp3) is 0.226. The summed E-state index contributed by atoms with van der Waals surface area (Å²) in [6.07, 6.45) is 1.47. The van der Waals surface area contributed by atoms with Crippen LogP contribution in [0, 0.1) is 27.7 Å². The summed E-state index contributed by atoms with van der Waals surface area (Å²) in [5, 5.41) is 5.09. The molecule has 4 rings (SSSR count). The van der Waals surface area contributed by atoms with Crippen molar-refractivity contribution in [2.24, 2.45) is 0 Å². The molecule has 2 N–H and O–H groups in total. The number of furan rings is 1. The molecule has 0 radical (unpaired) electrons. The van der Waals surface area contributed by atoms with Gasteiger partial charge in [-0.05, 0) is 99.3 Å². The average Bonchev–Trinajstić information content (AvgIpc) is 3.47. The molecule has 206 valence electrons. The van der Waals surface area contributed by atoms with E-state index >= 15 is 0 Å². The second-order valence-corrected chi connectivity index (χ2v) is 9.66. The second-order valence-electron chi connectivity index (χ2n) is 9.66. The fourth-order valence-corrected chi connectivity index (χ4v) is 4.32. The number of nitrogens with zero attached hydrogens (tertiary/aromatic N) is 1. The highest BCUT2D eigenvalue weighted by Crippen LogP contribution is 2.36. The zero-order chi connectivity index (χ0) is 29.1. The van der Waals surface area contributed by atoms with Crippen LogP contribution in [-0.2, 0) is 30.5 Å². The van der Waals surface area contributed by atoms with E-state index in [1.54, 1.807) is 31.2 Å². The standard InChI is InChI=1S/C31H31N3O6/c1-17-7-9-22(13-19(17)3)33-29(36)28(35)32-16-25-12-11-24(40-25)15-26-27(31(38)39-6)21(5)34(30(26)37)23-10-8-18(2)20(4)14-23/h7-15H,16H2,1-6H3,(H,32,35)(H,33,36)/b26-15+. The van der Waals surface area contributed by atoms with E-state index in [2.05, 4.69) is 10.6 Å². The van der Waals surface area contributed by atoms with E-state index in [4.69, 9.17) is 9.15 Å². The smallest absolute Gasteiger partial charge is 0.340 e. The molecule has 0 fully saturated rings. The summed E-state index contributed by atoms with van der Waals surface area (Å²) < 4.78 is 10.7. The van der Waals surface area contributed by atoms with Crippen LogP contribution >= 0.6 is 0 Å². The number of rotatable bonds is 6. The van der Waals surface area contributed by atoms with E-state index in [1.165, 1.54) is 18.1 Å². The van der Waals surface area contributed by atoms with Gasteiger partial charge in [0, 0.05) is 17.1 Å². The van der Waals surface area contributed by atoms with E-state index < -0.39 is 23.7 Å². The second kappa shape index (κ2) is 11.4. The highest BCUT2D eigenvalue weighted by atomic mass is 16.5. The summed E-state index contributed by atoms with van der Waals surface area (Å²) in [4.78, 5) is 52.3. The van der Waals surface area contributed by atoms with Gasteiger partial charge in [-0.1, -0.05) is 12.1 Å². The van der Waals surface area contributed by atoms with Crippen molar-refractivity contribution in [2.45, 2.75) is 41.2 Å². The van der Waals surface area contributed by atoms with Gasteiger partial charge in [0.1, 0.15) is 11.5 Å². The summed E-state index contributed by atoms with van der Waals surface area (Å²) in [5.74, 6) is -2.01. The number of hydrogen-bond acceptors (Lipinski definition) is 6. The number of nitrogens with one attached hydrogen (secondary N) is 2. The molecular weight excluding hydrogens is 510 g/mol. The predicted molar refractivity (Wildman–Crippen MR) is 151 cm³/mol. The van der Waals surface area contributed by atoms with E-state index in [0.717, 1.165) is 22.3 Å². The molecule has 0 unspecified atom stereocenters. The first kappa shape index (κ1) is 28.1. The maximum absolute atomic E-state index is 13.5. The number of carbonyl (C=O) groups is 4. The molecule has 40 heavy (non-hydrogen) atoms. The van der Waals surface area contributed by atoms with Gasteiger partial charge >= 0.3 is 17.8 Å². The third kappa shape index (κ3) is 5.73. The summed E-state index contributed by atoms with van der Waals surface area (Å²) in [6, 6.07) is 14.2. The molecule has 0 saturated heterocycles. The lowest BCUT2D eigenvalue weighted by Crippen LogP contribution is -2.34. The van der Waals surface area contributed by atoms with Crippen molar-refractivity contribution in [1.29, 1.82) is 0 Å². The van der Waals surface area contributed by atoms with Crippen LogP contribution in [-0.4, -0.2) is 30.8 Å². The first-order valence-electron chi connectivity index (χ1n) is 12.7. The van der Waals surface area contributed by atoms with Gasteiger partial charge in [-0.3, -0.25) is 19.3 Å². The van der Waals surface area contributed by atoms with Crippen LogP contribution in [0.2, 0.25) is 0 Å². The average molecular weight is 542 g/mol. The van der Waals surface area contributed by atoms with E-state index in [0.29, 0.717) is 28.6 Å². The molecule has 9 nitrogen and oxygen atoms in total. The minimum atomic E-state index is -0.823. The zero-order valence-electron chi connectivity index (χ0n) is 23.3. The maximum atomic E-state index is 13.5. The number of amides is 3. The Bertz CT molecular complexity index is 1590. The van der Waals surface area contributed by atoms with Crippen molar-refractivity contribution in [1.82, 2.24) is 5.32 Å². The van der Waals surface area contributed by atoms with Crippen LogP contribution in [0.3, 0.4) is 0 Å². The number of benzene rings is 2. The van der Waals surface area contributed by atoms with Gasteiger partial charge in [0.15, 0.2) is 0 Å². The number of ether oxygens (including phenoxy) is 1. The van der Waals surface area contributed by atoms with Crippen molar-refractivity contribution in [3.05, 3.63) is 99.1 Å². The van der Waals surface area contributed by atoms with E-state index in [-0.39, 0.29) is 17.7 Å². The van der Waals surface area contributed by atoms with Crippen LogP contribution in [0.1, 0.15) is 40.7 Å². The zero-order valence-corrected chi connectivity index (χ0v) is 23.3. The molecule has 0 spiro atoms. The summed E-state index contributed by atoms with van der Waals surface area (Å²) in [5.41, 5.74) is 6.03. The van der Waals surface area contributed by atoms with Crippen molar-refractivity contribution < 1.29 is 28.3 Å². The van der Waals surface area contributed by atoms with Gasteiger partial charge in [0.25, 0.3) is 5.91 Å². The first-order valence-corrected chi connectivity index (χ1v) is 12.7. The van der Waals surface area contributed by atoms with Crippen molar-refractivity contribution >= 4 is 41.1 Å².